The third-order valence-corrected chi connectivity index (χ3v) is 15.1. The Bertz CT molecular complexity index is 3280. The first-order valence-electron chi connectivity index (χ1n) is 24.5. The molecule has 2 aromatic heterocycles. The summed E-state index contributed by atoms with van der Waals surface area (Å²) in [6.45, 7) is 14.1. The van der Waals surface area contributed by atoms with Crippen molar-refractivity contribution in [3.8, 4) is 6.07 Å². The predicted octanol–water partition coefficient (Wildman–Crippen LogP) is 3.81. The number of unbranched alkanes of at least 4 members (excludes halogenated alkanes) is 1. The molecule has 1 amide bonds. The fourth-order valence-corrected chi connectivity index (χ4v) is 11.4. The second-order valence-corrected chi connectivity index (χ2v) is 19.3. The maximum atomic E-state index is 12.9. The van der Waals surface area contributed by atoms with Crippen molar-refractivity contribution in [1.82, 2.24) is 30.0 Å². The Kier molecular flexibility index (Phi) is 13.8. The summed E-state index contributed by atoms with van der Waals surface area (Å²) < 4.78 is 1.45. The highest BCUT2D eigenvalue weighted by molar-refractivity contribution is 6.10. The number of amides is 1. The van der Waals surface area contributed by atoms with Gasteiger partial charge in [-0.1, -0.05) is 39.0 Å². The fourth-order valence-electron chi connectivity index (χ4n) is 11.4. The second-order valence-electron chi connectivity index (χ2n) is 19.3. The van der Waals surface area contributed by atoms with Crippen molar-refractivity contribution in [2.24, 2.45) is 0 Å². The predicted molar refractivity (Wildman–Crippen MR) is 268 cm³/mol. The van der Waals surface area contributed by atoms with Crippen LogP contribution in [0, 0.1) is 11.3 Å². The molecule has 1 atom stereocenters. The zero-order chi connectivity index (χ0) is 49.1. The van der Waals surface area contributed by atoms with E-state index in [4.69, 9.17) is 0 Å². The largest absolute Gasteiger partial charge is 0.384 e. The minimum absolute atomic E-state index is 0.0273. The van der Waals surface area contributed by atoms with Crippen molar-refractivity contribution >= 4 is 74.2 Å². The lowest BCUT2D eigenvalue weighted by Gasteiger charge is -2.44. The molecule has 5 heterocycles. The number of rotatable bonds is 13. The van der Waals surface area contributed by atoms with Crippen LogP contribution in [0.4, 0.5) is 11.4 Å². The highest BCUT2D eigenvalue weighted by Crippen LogP contribution is 2.50. The van der Waals surface area contributed by atoms with E-state index in [1.807, 2.05) is 36.0 Å². The average molecular weight is 940 g/mol. The highest BCUT2D eigenvalue weighted by atomic mass is 16.1. The van der Waals surface area contributed by atoms with Gasteiger partial charge in [-0.05, 0) is 85.5 Å². The summed E-state index contributed by atoms with van der Waals surface area (Å²) in [5, 5.41) is 20.8. The van der Waals surface area contributed by atoms with Crippen LogP contribution in [-0.2, 0) is 40.6 Å². The molecule has 70 heavy (non-hydrogen) atoms. The molecule has 1 unspecified atom stereocenters. The lowest BCUT2D eigenvalue weighted by molar-refractivity contribution is -0.121. The number of carbonyl (C=O) groups excluding carboxylic acids is 6. The Morgan fingerprint density at radius 1 is 0.843 bits per heavy atom. The van der Waals surface area contributed by atoms with Crippen LogP contribution in [0.3, 0.4) is 0 Å². The Morgan fingerprint density at radius 2 is 1.61 bits per heavy atom. The first-order chi connectivity index (χ1) is 34.1. The number of anilines is 2. The SMILES string of the molecule is CCc1cc2c(cc1N1CCC(N3CCN(CCC(=O)NCCCCNc4cccc5c(=C=O)n(C6CCC(=C=O)NC6=C=O)c(=C=O)c45)CC3)CC1)C(C)(C)c1[nH]c3cc(C#N)ccc3c1C2=C=O. The van der Waals surface area contributed by atoms with Gasteiger partial charge in [0.05, 0.1) is 23.2 Å². The summed E-state index contributed by atoms with van der Waals surface area (Å²) in [5.41, 5.74) is 8.84. The van der Waals surface area contributed by atoms with Crippen LogP contribution >= 0.6 is 0 Å². The van der Waals surface area contributed by atoms with Gasteiger partial charge in [0.15, 0.2) is 11.9 Å². The molecule has 15 heteroatoms. The van der Waals surface area contributed by atoms with E-state index >= 15 is 0 Å². The van der Waals surface area contributed by atoms with Crippen molar-refractivity contribution in [3.63, 3.8) is 0 Å². The number of nitrogens with one attached hydrogen (secondary N) is 4. The standard InChI is InChI=1S/C55H57N9O6/c1-4-36-27-41-42(31-66)52-39-12-10-35(29-56)26-45(39)60-54(52)55(2,3)43(41)28-48(36)63-20-14-38(15-21-63)62-24-22-61(23-25-62)19-16-51(70)58-18-6-5-17-57-44-9-7-8-40-49(33-68)64(50(34-69)53(40)44)47-13-11-37(30-65)59-46(47)32-67/h7-10,12,26-28,38,47,57,59-60H,4-6,11,13-25H2,1-3H3,(H,58,70). The lowest BCUT2D eigenvalue weighted by atomic mass is 9.69. The van der Waals surface area contributed by atoms with Crippen LogP contribution in [0.1, 0.15) is 105 Å². The van der Waals surface area contributed by atoms with Crippen molar-refractivity contribution in [3.05, 3.63) is 104 Å². The van der Waals surface area contributed by atoms with Crippen LogP contribution in [-0.4, -0.2) is 120 Å². The third-order valence-electron chi connectivity index (χ3n) is 15.1. The normalized spacial score (nSPS) is 18.2. The first-order valence-corrected chi connectivity index (χ1v) is 24.5. The molecule has 0 radical (unpaired) electrons. The molecule has 4 N–H and O–H groups in total. The maximum absolute atomic E-state index is 12.9. The summed E-state index contributed by atoms with van der Waals surface area (Å²) in [4.78, 5) is 84.5. The van der Waals surface area contributed by atoms with Gasteiger partial charge in [-0.2, -0.15) is 5.26 Å². The number of aryl methyl sites for hydroxylation is 1. The number of fused-ring (bicyclic) bond motifs is 5. The number of nitriles is 1. The van der Waals surface area contributed by atoms with Crippen molar-refractivity contribution < 1.29 is 28.8 Å². The van der Waals surface area contributed by atoms with E-state index in [1.54, 1.807) is 24.1 Å². The van der Waals surface area contributed by atoms with Gasteiger partial charge < -0.3 is 35.3 Å². The smallest absolute Gasteiger partial charge is 0.221 e. The molecule has 0 spiro atoms. The molecule has 0 saturated carbocycles. The Hall–Kier alpha value is -7.47. The van der Waals surface area contributed by atoms with Gasteiger partial charge in [0.1, 0.15) is 39.9 Å². The topological polar surface area (TPSA) is 193 Å². The van der Waals surface area contributed by atoms with Crippen molar-refractivity contribution in [2.75, 3.05) is 69.1 Å². The van der Waals surface area contributed by atoms with Crippen LogP contribution in [0.2, 0.25) is 0 Å². The second kappa shape index (κ2) is 20.2. The van der Waals surface area contributed by atoms with E-state index in [0.29, 0.717) is 59.7 Å². The number of nitrogens with zero attached hydrogens (tertiary/aromatic N) is 5. The van der Waals surface area contributed by atoms with E-state index in [-0.39, 0.29) is 40.8 Å². The zero-order valence-corrected chi connectivity index (χ0v) is 40.0. The van der Waals surface area contributed by atoms with E-state index in [1.165, 1.54) is 15.8 Å². The molecule has 4 aliphatic rings. The number of piperidine rings is 2. The van der Waals surface area contributed by atoms with Gasteiger partial charge in [0.2, 0.25) is 5.91 Å². The number of hydrogen-bond acceptors (Lipinski definition) is 12. The average Bonchev–Trinajstić information content (AvgIpc) is 3.95. The van der Waals surface area contributed by atoms with Gasteiger partial charge in [-0.25, -0.2) is 24.0 Å². The quantitative estimate of drug-likeness (QED) is 0.0988. The van der Waals surface area contributed by atoms with Crippen LogP contribution in [0.25, 0.3) is 27.2 Å². The number of aromatic amines is 1. The number of carbonyl (C=O) groups is 1. The van der Waals surface area contributed by atoms with Crippen LogP contribution in [0.5, 0.6) is 0 Å². The van der Waals surface area contributed by atoms with Crippen molar-refractivity contribution in [1.29, 1.82) is 5.26 Å². The molecular weight excluding hydrogens is 883 g/mol. The summed E-state index contributed by atoms with van der Waals surface area (Å²) in [5.74, 6) is 9.85. The molecule has 15 nitrogen and oxygen atoms in total. The number of aromatic nitrogens is 2. The highest BCUT2D eigenvalue weighted by Gasteiger charge is 2.40. The molecule has 358 valence electrons. The molecule has 3 aliphatic heterocycles. The third kappa shape index (κ3) is 8.75. The molecule has 5 aromatic rings. The Balaban J connectivity index is 0.726. The van der Waals surface area contributed by atoms with E-state index in [2.05, 4.69) is 80.5 Å². The number of piperazine rings is 1. The zero-order valence-electron chi connectivity index (χ0n) is 40.0. The molecule has 1 aliphatic carbocycles. The Morgan fingerprint density at radius 3 is 2.31 bits per heavy atom. The summed E-state index contributed by atoms with van der Waals surface area (Å²) in [6.07, 6.45) is 5.45. The van der Waals surface area contributed by atoms with Gasteiger partial charge in [-0.15, -0.1) is 0 Å². The number of allylic oxidation sites excluding steroid dienone is 2. The summed E-state index contributed by atoms with van der Waals surface area (Å²) in [7, 11) is 0. The molecule has 0 bridgehead atoms. The molecule has 3 saturated heterocycles. The van der Waals surface area contributed by atoms with Crippen molar-refractivity contribution in [2.45, 2.75) is 89.6 Å². The van der Waals surface area contributed by atoms with Gasteiger partial charge in [-0.3, -0.25) is 9.69 Å². The molecular formula is C55H57N9O6. The first kappa shape index (κ1) is 47.6. The van der Waals surface area contributed by atoms with Gasteiger partial charge in [0, 0.05) is 128 Å². The van der Waals surface area contributed by atoms with Gasteiger partial charge in [0.25, 0.3) is 0 Å². The summed E-state index contributed by atoms with van der Waals surface area (Å²) in [6, 6.07) is 17.4. The monoisotopic (exact) mass is 939 g/mol. The Labute approximate surface area is 405 Å². The molecule has 3 fully saturated rings. The van der Waals surface area contributed by atoms with E-state index in [0.717, 1.165) is 105 Å². The fraction of sp³-hybridized carbons (Fsp3) is 0.418. The van der Waals surface area contributed by atoms with E-state index < -0.39 is 11.5 Å². The number of hydrogen-bond donors (Lipinski definition) is 4. The summed E-state index contributed by atoms with van der Waals surface area (Å²) >= 11 is 0. The number of benzene rings is 3. The molecule has 9 rings (SSSR count). The van der Waals surface area contributed by atoms with Crippen LogP contribution in [0.15, 0.2) is 59.9 Å². The molecule has 3 aromatic carbocycles. The number of H-pyrrole nitrogens is 1. The minimum atomic E-state index is -0.734. The van der Waals surface area contributed by atoms with Gasteiger partial charge >= 0.3 is 0 Å². The minimum Gasteiger partial charge on any atom is -0.384 e. The maximum Gasteiger partial charge on any atom is 0.221 e. The van der Waals surface area contributed by atoms with Crippen LogP contribution < -0.4 is 31.5 Å². The van der Waals surface area contributed by atoms with E-state index in [9.17, 15) is 34.0 Å². The lowest BCUT2D eigenvalue weighted by Crippen LogP contribution is -2.53.